The zero-order valence-corrected chi connectivity index (χ0v) is 23.0. The van der Waals surface area contributed by atoms with E-state index in [0.717, 1.165) is 57.9 Å². The van der Waals surface area contributed by atoms with Crippen molar-refractivity contribution in [3.63, 3.8) is 0 Å². The van der Waals surface area contributed by atoms with Crippen molar-refractivity contribution in [2.75, 3.05) is 31.2 Å². The van der Waals surface area contributed by atoms with E-state index in [1.165, 1.54) is 0 Å². The molecule has 1 saturated heterocycles. The van der Waals surface area contributed by atoms with E-state index in [1.54, 1.807) is 17.1 Å². The number of pyridine rings is 1. The maximum Gasteiger partial charge on any atom is 0.253 e. The summed E-state index contributed by atoms with van der Waals surface area (Å²) in [6.45, 7) is 10.6. The van der Waals surface area contributed by atoms with E-state index in [2.05, 4.69) is 30.3 Å². The van der Waals surface area contributed by atoms with E-state index < -0.39 is 0 Å². The Morgan fingerprint density at radius 3 is 2.38 bits per heavy atom. The Morgan fingerprint density at radius 2 is 1.74 bits per heavy atom. The number of aromatic nitrogens is 5. The van der Waals surface area contributed by atoms with Gasteiger partial charge >= 0.3 is 0 Å². The number of hydrogen-bond donors (Lipinski definition) is 2. The summed E-state index contributed by atoms with van der Waals surface area (Å²) in [6.07, 6.45) is 5.52. The van der Waals surface area contributed by atoms with Crippen molar-refractivity contribution in [1.29, 1.82) is 0 Å². The summed E-state index contributed by atoms with van der Waals surface area (Å²) in [7, 11) is 1.88. The fourth-order valence-corrected chi connectivity index (χ4v) is 5.00. The van der Waals surface area contributed by atoms with Gasteiger partial charge in [0.1, 0.15) is 0 Å². The predicted molar refractivity (Wildman–Crippen MR) is 150 cm³/mol. The minimum Gasteiger partial charge on any atom is -0.378 e. The highest BCUT2D eigenvalue weighted by molar-refractivity contribution is 5.99. The van der Waals surface area contributed by atoms with Crippen LogP contribution in [-0.2, 0) is 18.3 Å². The number of anilines is 1. The van der Waals surface area contributed by atoms with Crippen LogP contribution in [0.25, 0.3) is 22.4 Å². The van der Waals surface area contributed by atoms with E-state index >= 15 is 0 Å². The van der Waals surface area contributed by atoms with Crippen molar-refractivity contribution in [1.82, 2.24) is 30.0 Å². The van der Waals surface area contributed by atoms with Gasteiger partial charge in [-0.25, -0.2) is 9.97 Å². The third kappa shape index (κ3) is 5.46. The summed E-state index contributed by atoms with van der Waals surface area (Å²) in [5.41, 5.74) is 7.55. The van der Waals surface area contributed by atoms with Gasteiger partial charge in [0.15, 0.2) is 0 Å². The standard InChI is InChI=1S/C29H33N7O3/c1-17-10-19(3)33-28(38)25(17)15-30-27(37)24-12-21(11-23(20(24)4)26-18(2)16-35(5)34-26)22-13-31-29(32-14-22)36-6-8-39-9-7-36/h10-14,16H,6-9,15H2,1-5H3,(H,30,37)(H,33,38). The molecule has 0 aliphatic carbocycles. The molecule has 1 amide bonds. The lowest BCUT2D eigenvalue weighted by molar-refractivity contribution is 0.0950. The summed E-state index contributed by atoms with van der Waals surface area (Å²) < 4.78 is 7.20. The van der Waals surface area contributed by atoms with Crippen LogP contribution in [0, 0.1) is 27.7 Å². The van der Waals surface area contributed by atoms with E-state index in [-0.39, 0.29) is 18.0 Å². The molecule has 0 unspecified atom stereocenters. The van der Waals surface area contributed by atoms with Crippen molar-refractivity contribution < 1.29 is 9.53 Å². The lowest BCUT2D eigenvalue weighted by Crippen LogP contribution is -2.37. The molecule has 5 rings (SSSR count). The molecule has 0 saturated carbocycles. The number of aryl methyl sites for hydroxylation is 4. The zero-order chi connectivity index (χ0) is 27.7. The second-order valence-corrected chi connectivity index (χ2v) is 10.0. The molecule has 10 nitrogen and oxygen atoms in total. The predicted octanol–water partition coefficient (Wildman–Crippen LogP) is 3.23. The largest absolute Gasteiger partial charge is 0.378 e. The highest BCUT2D eigenvalue weighted by atomic mass is 16.5. The van der Waals surface area contributed by atoms with Crippen LogP contribution in [0.4, 0.5) is 5.95 Å². The van der Waals surface area contributed by atoms with Gasteiger partial charge in [-0.05, 0) is 68.1 Å². The van der Waals surface area contributed by atoms with Crippen LogP contribution >= 0.6 is 0 Å². The van der Waals surface area contributed by atoms with Crippen molar-refractivity contribution in [3.8, 4) is 22.4 Å². The number of aromatic amines is 1. The summed E-state index contributed by atoms with van der Waals surface area (Å²) >= 11 is 0. The van der Waals surface area contributed by atoms with Gasteiger partial charge in [-0.1, -0.05) is 0 Å². The van der Waals surface area contributed by atoms with Crippen LogP contribution in [0.5, 0.6) is 0 Å². The number of rotatable bonds is 6. The molecule has 4 heterocycles. The van der Waals surface area contributed by atoms with Crippen molar-refractivity contribution in [2.45, 2.75) is 34.2 Å². The number of nitrogens with zero attached hydrogens (tertiary/aromatic N) is 5. The molecule has 0 atom stereocenters. The van der Waals surface area contributed by atoms with Gasteiger partial charge in [0.2, 0.25) is 5.95 Å². The number of H-pyrrole nitrogens is 1. The zero-order valence-electron chi connectivity index (χ0n) is 23.0. The van der Waals surface area contributed by atoms with Gasteiger partial charge in [-0.2, -0.15) is 5.10 Å². The smallest absolute Gasteiger partial charge is 0.253 e. The minimum absolute atomic E-state index is 0.124. The molecule has 10 heteroatoms. The summed E-state index contributed by atoms with van der Waals surface area (Å²) in [5, 5.41) is 7.62. The van der Waals surface area contributed by atoms with Gasteiger partial charge in [0.05, 0.1) is 18.9 Å². The summed E-state index contributed by atoms with van der Waals surface area (Å²) in [4.78, 5) is 40.2. The molecule has 4 aromatic rings. The Morgan fingerprint density at radius 1 is 1.03 bits per heavy atom. The van der Waals surface area contributed by atoms with E-state index in [4.69, 9.17) is 4.74 Å². The number of nitrogens with one attached hydrogen (secondary N) is 2. The number of hydrogen-bond acceptors (Lipinski definition) is 7. The third-order valence-electron chi connectivity index (χ3n) is 7.10. The highest BCUT2D eigenvalue weighted by Gasteiger charge is 2.20. The first-order valence-corrected chi connectivity index (χ1v) is 13.0. The quantitative estimate of drug-likeness (QED) is 0.395. The summed E-state index contributed by atoms with van der Waals surface area (Å²) in [6, 6.07) is 5.78. The number of amides is 1. The Labute approximate surface area is 227 Å². The van der Waals surface area contributed by atoms with Crippen LogP contribution in [0.15, 0.2) is 41.6 Å². The van der Waals surface area contributed by atoms with Gasteiger partial charge in [-0.3, -0.25) is 14.3 Å². The van der Waals surface area contributed by atoms with Crippen molar-refractivity contribution >= 4 is 11.9 Å². The molecule has 2 N–H and O–H groups in total. The van der Waals surface area contributed by atoms with Gasteiger partial charge in [0.25, 0.3) is 11.5 Å². The van der Waals surface area contributed by atoms with E-state index in [9.17, 15) is 9.59 Å². The molecule has 0 bridgehead atoms. The van der Waals surface area contributed by atoms with Crippen molar-refractivity contribution in [2.24, 2.45) is 7.05 Å². The van der Waals surface area contributed by atoms with Crippen LogP contribution in [0.3, 0.4) is 0 Å². The first kappa shape index (κ1) is 26.3. The first-order valence-electron chi connectivity index (χ1n) is 13.0. The van der Waals surface area contributed by atoms with Crippen LogP contribution in [0.1, 0.15) is 38.3 Å². The Bertz CT molecular complexity index is 1580. The fraction of sp³-hybridized carbons (Fsp3) is 0.345. The Kier molecular flexibility index (Phi) is 7.30. The topological polar surface area (TPSA) is 118 Å². The van der Waals surface area contributed by atoms with Crippen LogP contribution < -0.4 is 15.8 Å². The van der Waals surface area contributed by atoms with Gasteiger partial charge < -0.3 is 19.9 Å². The molecular weight excluding hydrogens is 494 g/mol. The highest BCUT2D eigenvalue weighted by Crippen LogP contribution is 2.33. The maximum absolute atomic E-state index is 13.5. The SMILES string of the molecule is Cc1cc(C)c(CNC(=O)c2cc(-c3cnc(N4CCOCC4)nc3)cc(-c3nn(C)cc3C)c2C)c(=O)[nH]1. The lowest BCUT2D eigenvalue weighted by Gasteiger charge is -2.26. The average Bonchev–Trinajstić information content (AvgIpc) is 3.26. The first-order chi connectivity index (χ1) is 18.7. The average molecular weight is 528 g/mol. The maximum atomic E-state index is 13.5. The fourth-order valence-electron chi connectivity index (χ4n) is 5.00. The second kappa shape index (κ2) is 10.8. The summed E-state index contributed by atoms with van der Waals surface area (Å²) in [5.74, 6) is 0.390. The Balaban J connectivity index is 1.52. The van der Waals surface area contributed by atoms with Crippen LogP contribution in [0.2, 0.25) is 0 Å². The number of carbonyl (C=O) groups excluding carboxylic acids is 1. The number of benzene rings is 1. The van der Waals surface area contributed by atoms with Gasteiger partial charge in [-0.15, -0.1) is 0 Å². The molecule has 1 fully saturated rings. The molecule has 0 radical (unpaired) electrons. The molecular formula is C29H33N7O3. The number of ether oxygens (including phenoxy) is 1. The number of morpholine rings is 1. The number of carbonyl (C=O) groups is 1. The minimum atomic E-state index is -0.269. The molecule has 1 aromatic carbocycles. The molecule has 39 heavy (non-hydrogen) atoms. The lowest BCUT2D eigenvalue weighted by atomic mass is 9.93. The van der Waals surface area contributed by atoms with Gasteiger partial charge in [0, 0.05) is 73.2 Å². The monoisotopic (exact) mass is 527 g/mol. The molecule has 1 aliphatic rings. The molecule has 3 aromatic heterocycles. The third-order valence-corrected chi connectivity index (χ3v) is 7.10. The normalized spacial score (nSPS) is 13.5. The van der Waals surface area contributed by atoms with E-state index in [1.807, 2.05) is 59.1 Å². The van der Waals surface area contributed by atoms with Crippen LogP contribution in [-0.4, -0.2) is 56.9 Å². The Hall–Kier alpha value is -4.31. The van der Waals surface area contributed by atoms with Crippen molar-refractivity contribution in [3.05, 3.63) is 80.7 Å². The molecule has 202 valence electrons. The second-order valence-electron chi connectivity index (χ2n) is 10.0. The molecule has 1 aliphatic heterocycles. The van der Waals surface area contributed by atoms with E-state index in [0.29, 0.717) is 30.3 Å². The molecule has 0 spiro atoms.